The van der Waals surface area contributed by atoms with Crippen LogP contribution < -0.4 is 4.74 Å². The van der Waals surface area contributed by atoms with Crippen LogP contribution in [0.15, 0.2) is 36.4 Å². The number of nitrogens with zero attached hydrogens (tertiary/aromatic N) is 1. The summed E-state index contributed by atoms with van der Waals surface area (Å²) in [6.07, 6.45) is 3.87. The number of carbonyl (C=O) groups excluding carboxylic acids is 1. The normalized spacial score (nSPS) is 15.7. The molecule has 0 heterocycles. The van der Waals surface area contributed by atoms with E-state index in [1.165, 1.54) is 24.8 Å². The van der Waals surface area contributed by atoms with Crippen LogP contribution in [0.4, 0.5) is 10.1 Å². The third-order valence-electron chi connectivity index (χ3n) is 4.85. The Kier molecular flexibility index (Phi) is 5.69. The molecule has 0 N–H and O–H groups in total. The second-order valence-electron chi connectivity index (χ2n) is 6.60. The highest BCUT2D eigenvalue weighted by Gasteiger charge is 2.23. The molecule has 0 amide bonds. The van der Waals surface area contributed by atoms with Crippen molar-refractivity contribution in [3.63, 3.8) is 0 Å². The zero-order chi connectivity index (χ0) is 19.4. The number of para-hydroxylation sites is 1. The van der Waals surface area contributed by atoms with Crippen LogP contribution in [0.2, 0.25) is 0 Å². The van der Waals surface area contributed by atoms with Crippen LogP contribution in [-0.2, 0) is 22.4 Å². The standard InChI is InChI=1S/C20H20FNO5/c1-26-19(23)10-6-13-5-7-15-12-16(9-8-14(15)11-13)27-18-4-2-3-17(21)20(18)22(24)25/h2-4,8-9,12-13H,5-7,10-11H2,1H3. The van der Waals surface area contributed by atoms with E-state index in [0.29, 0.717) is 18.1 Å². The topological polar surface area (TPSA) is 78.7 Å². The highest BCUT2D eigenvalue weighted by Crippen LogP contribution is 2.36. The number of esters is 1. The van der Waals surface area contributed by atoms with Gasteiger partial charge in [0.2, 0.25) is 11.6 Å². The van der Waals surface area contributed by atoms with Crippen molar-refractivity contribution in [1.82, 2.24) is 0 Å². The Morgan fingerprint density at radius 2 is 2.11 bits per heavy atom. The summed E-state index contributed by atoms with van der Waals surface area (Å²) in [5, 5.41) is 11.1. The SMILES string of the molecule is COC(=O)CCC1CCc2cc(Oc3cccc(F)c3[N+](=O)[O-])ccc2C1. The van der Waals surface area contributed by atoms with Gasteiger partial charge in [-0.1, -0.05) is 12.1 Å². The summed E-state index contributed by atoms with van der Waals surface area (Å²) < 4.78 is 24.0. The Labute approximate surface area is 156 Å². The summed E-state index contributed by atoms with van der Waals surface area (Å²) in [6, 6.07) is 9.30. The van der Waals surface area contributed by atoms with Gasteiger partial charge >= 0.3 is 11.7 Å². The number of ether oxygens (including phenoxy) is 2. The van der Waals surface area contributed by atoms with Crippen LogP contribution in [0.25, 0.3) is 0 Å². The largest absolute Gasteiger partial charge is 0.469 e. The predicted octanol–water partition coefficient (Wildman–Crippen LogP) is 4.58. The minimum absolute atomic E-state index is 0.119. The Morgan fingerprint density at radius 1 is 1.30 bits per heavy atom. The second-order valence-corrected chi connectivity index (χ2v) is 6.60. The molecule has 6 nitrogen and oxygen atoms in total. The number of hydrogen-bond acceptors (Lipinski definition) is 5. The number of benzene rings is 2. The number of nitro benzene ring substituents is 1. The van der Waals surface area contributed by atoms with E-state index < -0.39 is 16.4 Å². The highest BCUT2D eigenvalue weighted by molar-refractivity contribution is 5.69. The van der Waals surface area contributed by atoms with Gasteiger partial charge in [0, 0.05) is 6.42 Å². The van der Waals surface area contributed by atoms with Gasteiger partial charge in [0.1, 0.15) is 5.75 Å². The fraction of sp³-hybridized carbons (Fsp3) is 0.350. The zero-order valence-electron chi connectivity index (χ0n) is 14.9. The quantitative estimate of drug-likeness (QED) is 0.421. The van der Waals surface area contributed by atoms with Crippen molar-refractivity contribution in [2.45, 2.75) is 32.1 Å². The Morgan fingerprint density at radius 3 is 2.85 bits per heavy atom. The summed E-state index contributed by atoms with van der Waals surface area (Å²) in [7, 11) is 1.39. The predicted molar refractivity (Wildman–Crippen MR) is 96.3 cm³/mol. The van der Waals surface area contributed by atoms with Gasteiger partial charge in [-0.3, -0.25) is 14.9 Å². The molecule has 3 rings (SSSR count). The number of halogens is 1. The van der Waals surface area contributed by atoms with E-state index in [4.69, 9.17) is 4.74 Å². The van der Waals surface area contributed by atoms with Gasteiger partial charge < -0.3 is 9.47 Å². The monoisotopic (exact) mass is 373 g/mol. The molecule has 0 fully saturated rings. The van der Waals surface area contributed by atoms with Gasteiger partial charge in [0.25, 0.3) is 0 Å². The molecule has 0 aliphatic heterocycles. The Hall–Kier alpha value is -2.96. The summed E-state index contributed by atoms with van der Waals surface area (Å²) in [6.45, 7) is 0. The molecule has 0 aromatic heterocycles. The summed E-state index contributed by atoms with van der Waals surface area (Å²) in [5.41, 5.74) is 1.62. The molecule has 1 unspecified atom stereocenters. The first-order valence-electron chi connectivity index (χ1n) is 8.77. The lowest BCUT2D eigenvalue weighted by Crippen LogP contribution is -2.16. The van der Waals surface area contributed by atoms with Crippen molar-refractivity contribution in [2.75, 3.05) is 7.11 Å². The van der Waals surface area contributed by atoms with Crippen LogP contribution in [0.3, 0.4) is 0 Å². The van der Waals surface area contributed by atoms with E-state index >= 15 is 0 Å². The van der Waals surface area contributed by atoms with E-state index in [9.17, 15) is 19.3 Å². The summed E-state index contributed by atoms with van der Waals surface area (Å²) in [4.78, 5) is 21.6. The van der Waals surface area contributed by atoms with Crippen molar-refractivity contribution in [3.8, 4) is 11.5 Å². The fourth-order valence-corrected chi connectivity index (χ4v) is 3.42. The van der Waals surface area contributed by atoms with Crippen molar-refractivity contribution in [3.05, 3.63) is 63.5 Å². The van der Waals surface area contributed by atoms with Crippen LogP contribution in [0, 0.1) is 21.8 Å². The number of nitro groups is 1. The third kappa shape index (κ3) is 4.42. The minimum atomic E-state index is -0.927. The highest BCUT2D eigenvalue weighted by atomic mass is 19.1. The molecule has 1 aliphatic carbocycles. The molecular weight excluding hydrogens is 353 g/mol. The number of rotatable bonds is 6. The smallest absolute Gasteiger partial charge is 0.346 e. The second kappa shape index (κ2) is 8.16. The zero-order valence-corrected chi connectivity index (χ0v) is 14.9. The van der Waals surface area contributed by atoms with Crippen molar-refractivity contribution in [1.29, 1.82) is 0 Å². The lowest BCUT2D eigenvalue weighted by molar-refractivity contribution is -0.388. The van der Waals surface area contributed by atoms with Crippen LogP contribution in [0.1, 0.15) is 30.4 Å². The molecule has 2 aromatic carbocycles. The first-order valence-corrected chi connectivity index (χ1v) is 8.77. The Bertz CT molecular complexity index is 867. The molecule has 0 bridgehead atoms. The molecule has 1 aliphatic rings. The average Bonchev–Trinajstić information content (AvgIpc) is 2.65. The molecule has 7 heteroatoms. The average molecular weight is 373 g/mol. The molecule has 27 heavy (non-hydrogen) atoms. The minimum Gasteiger partial charge on any atom is -0.469 e. The number of carbonyl (C=O) groups is 1. The first kappa shape index (κ1) is 18.8. The van der Waals surface area contributed by atoms with Gasteiger partial charge in [0.15, 0.2) is 0 Å². The number of aryl methyl sites for hydroxylation is 1. The van der Waals surface area contributed by atoms with Gasteiger partial charge in [-0.25, -0.2) is 0 Å². The number of fused-ring (bicyclic) bond motifs is 1. The van der Waals surface area contributed by atoms with E-state index in [-0.39, 0.29) is 11.7 Å². The maximum atomic E-state index is 13.7. The van der Waals surface area contributed by atoms with E-state index in [1.54, 1.807) is 6.07 Å². The molecule has 0 saturated carbocycles. The molecule has 0 radical (unpaired) electrons. The number of methoxy groups -OCH3 is 1. The Balaban J connectivity index is 1.72. The summed E-state index contributed by atoms with van der Waals surface area (Å²) in [5.74, 6) is -0.375. The van der Waals surface area contributed by atoms with Gasteiger partial charge in [-0.05, 0) is 67.0 Å². The maximum absolute atomic E-state index is 13.7. The molecule has 1 atom stereocenters. The lowest BCUT2D eigenvalue weighted by Gasteiger charge is -2.24. The molecule has 142 valence electrons. The molecule has 0 spiro atoms. The maximum Gasteiger partial charge on any atom is 0.346 e. The third-order valence-corrected chi connectivity index (χ3v) is 4.85. The van der Waals surface area contributed by atoms with Crippen LogP contribution in [0.5, 0.6) is 11.5 Å². The first-order chi connectivity index (χ1) is 13.0. The van der Waals surface area contributed by atoms with E-state index in [0.717, 1.165) is 37.3 Å². The van der Waals surface area contributed by atoms with Crippen LogP contribution >= 0.6 is 0 Å². The van der Waals surface area contributed by atoms with Gasteiger partial charge in [-0.2, -0.15) is 4.39 Å². The lowest BCUT2D eigenvalue weighted by atomic mass is 9.81. The van der Waals surface area contributed by atoms with Gasteiger partial charge in [0.05, 0.1) is 12.0 Å². The molecule has 2 aromatic rings. The summed E-state index contributed by atoms with van der Waals surface area (Å²) >= 11 is 0. The molecule has 0 saturated heterocycles. The van der Waals surface area contributed by atoms with Crippen molar-refractivity contribution < 1.29 is 23.6 Å². The van der Waals surface area contributed by atoms with Crippen LogP contribution in [-0.4, -0.2) is 18.0 Å². The molecular formula is C20H20FNO5. The van der Waals surface area contributed by atoms with Crippen molar-refractivity contribution in [2.24, 2.45) is 5.92 Å². The number of hydrogen-bond donors (Lipinski definition) is 0. The van der Waals surface area contributed by atoms with Crippen molar-refractivity contribution >= 4 is 11.7 Å². The fourth-order valence-electron chi connectivity index (χ4n) is 3.42. The van der Waals surface area contributed by atoms with Gasteiger partial charge in [-0.15, -0.1) is 0 Å². The van der Waals surface area contributed by atoms with E-state index in [2.05, 4.69) is 4.74 Å². The van der Waals surface area contributed by atoms with E-state index in [1.807, 2.05) is 12.1 Å².